The first-order valence-electron chi connectivity index (χ1n) is 6.28. The average Bonchev–Trinajstić information content (AvgIpc) is 2.36. The lowest BCUT2D eigenvalue weighted by Crippen LogP contribution is -2.39. The molecular formula is C14H20N2O2. The highest BCUT2D eigenvalue weighted by Gasteiger charge is 2.23. The van der Waals surface area contributed by atoms with Gasteiger partial charge in [-0.05, 0) is 30.0 Å². The maximum absolute atomic E-state index is 10.8. The monoisotopic (exact) mass is 248 g/mol. The van der Waals surface area contributed by atoms with Crippen LogP contribution in [0.25, 0.3) is 0 Å². The van der Waals surface area contributed by atoms with Gasteiger partial charge in [0.1, 0.15) is 5.75 Å². The molecule has 4 nitrogen and oxygen atoms in total. The van der Waals surface area contributed by atoms with E-state index in [4.69, 9.17) is 10.5 Å². The van der Waals surface area contributed by atoms with Crippen molar-refractivity contribution in [2.24, 2.45) is 5.73 Å². The van der Waals surface area contributed by atoms with Gasteiger partial charge < -0.3 is 15.8 Å². The standard InChI is InChI=1S/C14H20N2O2/c1-14(2,9-16-13(15)17)11-5-6-12-10(8-11)4-3-7-18-12/h5-6,8H,3-4,7,9H2,1-2H3,(H3,15,16,17). The fourth-order valence-corrected chi connectivity index (χ4v) is 2.19. The number of carbonyl (C=O) groups excluding carboxylic acids is 1. The van der Waals surface area contributed by atoms with E-state index in [9.17, 15) is 4.79 Å². The van der Waals surface area contributed by atoms with Crippen LogP contribution in [-0.4, -0.2) is 19.2 Å². The van der Waals surface area contributed by atoms with Crippen molar-refractivity contribution in [1.29, 1.82) is 0 Å². The molecule has 0 saturated heterocycles. The molecule has 1 aliphatic rings. The molecule has 3 N–H and O–H groups in total. The Kier molecular flexibility index (Phi) is 3.45. The summed E-state index contributed by atoms with van der Waals surface area (Å²) < 4.78 is 5.60. The summed E-state index contributed by atoms with van der Waals surface area (Å²) in [5.41, 5.74) is 7.43. The normalized spacial score (nSPS) is 14.6. The van der Waals surface area contributed by atoms with Gasteiger partial charge in [0.05, 0.1) is 6.61 Å². The fourth-order valence-electron chi connectivity index (χ4n) is 2.19. The topological polar surface area (TPSA) is 64.3 Å². The molecule has 0 saturated carbocycles. The second kappa shape index (κ2) is 4.88. The summed E-state index contributed by atoms with van der Waals surface area (Å²) in [5, 5.41) is 2.67. The van der Waals surface area contributed by atoms with Crippen molar-refractivity contribution in [3.05, 3.63) is 29.3 Å². The van der Waals surface area contributed by atoms with Gasteiger partial charge in [0.25, 0.3) is 0 Å². The van der Waals surface area contributed by atoms with E-state index in [0.717, 1.165) is 25.2 Å². The Morgan fingerprint density at radius 1 is 1.50 bits per heavy atom. The molecule has 2 rings (SSSR count). The Morgan fingerprint density at radius 2 is 2.28 bits per heavy atom. The second-order valence-corrected chi connectivity index (χ2v) is 5.38. The number of urea groups is 1. The third-order valence-corrected chi connectivity index (χ3v) is 3.39. The number of benzene rings is 1. The number of amides is 2. The molecular weight excluding hydrogens is 228 g/mol. The minimum absolute atomic E-state index is 0.137. The zero-order valence-corrected chi connectivity index (χ0v) is 11.0. The summed E-state index contributed by atoms with van der Waals surface area (Å²) in [4.78, 5) is 10.8. The largest absolute Gasteiger partial charge is 0.493 e. The summed E-state index contributed by atoms with van der Waals surface area (Å²) in [7, 11) is 0. The van der Waals surface area contributed by atoms with E-state index in [1.54, 1.807) is 0 Å². The number of carbonyl (C=O) groups is 1. The first-order chi connectivity index (χ1) is 8.49. The number of ether oxygens (including phenoxy) is 1. The number of hydrogen-bond acceptors (Lipinski definition) is 2. The first-order valence-corrected chi connectivity index (χ1v) is 6.28. The van der Waals surface area contributed by atoms with Crippen LogP contribution in [0.2, 0.25) is 0 Å². The molecule has 0 spiro atoms. The molecule has 0 radical (unpaired) electrons. The molecule has 4 heteroatoms. The molecule has 1 aromatic rings. The van der Waals surface area contributed by atoms with Gasteiger partial charge in [-0.25, -0.2) is 4.79 Å². The minimum atomic E-state index is -0.482. The molecule has 1 aromatic carbocycles. The predicted molar refractivity (Wildman–Crippen MR) is 70.9 cm³/mol. The van der Waals surface area contributed by atoms with Crippen LogP contribution in [0.4, 0.5) is 4.79 Å². The van der Waals surface area contributed by atoms with E-state index in [-0.39, 0.29) is 5.41 Å². The van der Waals surface area contributed by atoms with Gasteiger partial charge in [0.15, 0.2) is 0 Å². The third-order valence-electron chi connectivity index (χ3n) is 3.39. The molecule has 0 bridgehead atoms. The number of nitrogens with one attached hydrogen (secondary N) is 1. The van der Waals surface area contributed by atoms with Crippen molar-refractivity contribution in [3.63, 3.8) is 0 Å². The van der Waals surface area contributed by atoms with Crippen molar-refractivity contribution in [3.8, 4) is 5.75 Å². The molecule has 0 aliphatic carbocycles. The minimum Gasteiger partial charge on any atom is -0.493 e. The third kappa shape index (κ3) is 2.75. The summed E-state index contributed by atoms with van der Waals surface area (Å²) in [6.45, 7) is 5.52. The van der Waals surface area contributed by atoms with E-state index in [1.807, 2.05) is 6.07 Å². The average molecular weight is 248 g/mol. The van der Waals surface area contributed by atoms with Crippen molar-refractivity contribution in [2.45, 2.75) is 32.1 Å². The van der Waals surface area contributed by atoms with Gasteiger partial charge >= 0.3 is 6.03 Å². The lowest BCUT2D eigenvalue weighted by atomic mass is 9.83. The Balaban J connectivity index is 2.19. The van der Waals surface area contributed by atoms with Gasteiger partial charge in [-0.1, -0.05) is 26.0 Å². The second-order valence-electron chi connectivity index (χ2n) is 5.38. The predicted octanol–water partition coefficient (Wildman–Crippen LogP) is 1.96. The highest BCUT2D eigenvalue weighted by atomic mass is 16.5. The zero-order valence-electron chi connectivity index (χ0n) is 11.0. The molecule has 0 fully saturated rings. The fraction of sp³-hybridized carbons (Fsp3) is 0.500. The van der Waals surface area contributed by atoms with Crippen LogP contribution in [-0.2, 0) is 11.8 Å². The van der Waals surface area contributed by atoms with Gasteiger partial charge in [-0.2, -0.15) is 0 Å². The van der Waals surface area contributed by atoms with Gasteiger partial charge in [-0.3, -0.25) is 0 Å². The van der Waals surface area contributed by atoms with E-state index < -0.39 is 6.03 Å². The quantitative estimate of drug-likeness (QED) is 0.858. The maximum Gasteiger partial charge on any atom is 0.312 e. The lowest BCUT2D eigenvalue weighted by molar-refractivity contribution is 0.246. The van der Waals surface area contributed by atoms with Crippen molar-refractivity contribution < 1.29 is 9.53 Å². The molecule has 0 aromatic heterocycles. The summed E-state index contributed by atoms with van der Waals surface area (Å²) >= 11 is 0. The molecule has 18 heavy (non-hydrogen) atoms. The van der Waals surface area contributed by atoms with Crippen LogP contribution >= 0.6 is 0 Å². The Hall–Kier alpha value is -1.71. The van der Waals surface area contributed by atoms with Crippen LogP contribution in [0.3, 0.4) is 0 Å². The van der Waals surface area contributed by atoms with Gasteiger partial charge in [0, 0.05) is 12.0 Å². The highest BCUT2D eigenvalue weighted by Crippen LogP contribution is 2.30. The van der Waals surface area contributed by atoms with Gasteiger partial charge in [-0.15, -0.1) is 0 Å². The molecule has 0 atom stereocenters. The Bertz CT molecular complexity index is 455. The molecule has 1 heterocycles. The summed E-state index contributed by atoms with van der Waals surface area (Å²) in [5.74, 6) is 0.990. The number of fused-ring (bicyclic) bond motifs is 1. The molecule has 2 amide bonds. The number of hydrogen-bond donors (Lipinski definition) is 2. The molecule has 0 unspecified atom stereocenters. The summed E-state index contributed by atoms with van der Waals surface area (Å²) in [6, 6.07) is 5.78. The van der Waals surface area contributed by atoms with Crippen LogP contribution in [0, 0.1) is 0 Å². The zero-order chi connectivity index (χ0) is 13.2. The Morgan fingerprint density at radius 3 is 3.00 bits per heavy atom. The summed E-state index contributed by atoms with van der Waals surface area (Å²) in [6.07, 6.45) is 2.12. The number of nitrogens with two attached hydrogens (primary N) is 1. The SMILES string of the molecule is CC(C)(CNC(N)=O)c1ccc2c(c1)CCCO2. The number of rotatable bonds is 3. The molecule has 1 aliphatic heterocycles. The number of primary amides is 1. The van der Waals surface area contributed by atoms with Crippen LogP contribution in [0.5, 0.6) is 5.75 Å². The van der Waals surface area contributed by atoms with Crippen LogP contribution in [0.15, 0.2) is 18.2 Å². The van der Waals surface area contributed by atoms with Crippen molar-refractivity contribution in [2.75, 3.05) is 13.2 Å². The van der Waals surface area contributed by atoms with Crippen LogP contribution in [0.1, 0.15) is 31.4 Å². The van der Waals surface area contributed by atoms with E-state index in [1.165, 1.54) is 11.1 Å². The Labute approximate surface area is 108 Å². The number of aryl methyl sites for hydroxylation is 1. The van der Waals surface area contributed by atoms with Crippen molar-refractivity contribution in [1.82, 2.24) is 5.32 Å². The first kappa shape index (κ1) is 12.7. The molecule has 98 valence electrons. The van der Waals surface area contributed by atoms with Crippen molar-refractivity contribution >= 4 is 6.03 Å². The lowest BCUT2D eigenvalue weighted by Gasteiger charge is -2.27. The van der Waals surface area contributed by atoms with Gasteiger partial charge in [0.2, 0.25) is 0 Å². The van der Waals surface area contributed by atoms with E-state index >= 15 is 0 Å². The van der Waals surface area contributed by atoms with E-state index in [0.29, 0.717) is 6.54 Å². The van der Waals surface area contributed by atoms with Crippen LogP contribution < -0.4 is 15.8 Å². The maximum atomic E-state index is 10.8. The highest BCUT2D eigenvalue weighted by molar-refractivity contribution is 5.71. The van der Waals surface area contributed by atoms with E-state index in [2.05, 4.69) is 31.3 Å². The smallest absolute Gasteiger partial charge is 0.312 e.